The third-order valence-corrected chi connectivity index (χ3v) is 3.47. The van der Waals surface area contributed by atoms with Crippen LogP contribution in [0.25, 0.3) is 0 Å². The van der Waals surface area contributed by atoms with Crippen LogP contribution in [0, 0.1) is 11.3 Å². The molecule has 3 nitrogen and oxygen atoms in total. The number of hydrogen-bond donors (Lipinski definition) is 0. The lowest BCUT2D eigenvalue weighted by Crippen LogP contribution is -2.17. The fraction of sp³-hybridized carbons (Fsp3) is 0.800. The monoisotopic (exact) mass is 215 g/mol. The van der Waals surface area contributed by atoms with E-state index in [1.807, 2.05) is 0 Å². The van der Waals surface area contributed by atoms with Gasteiger partial charge < -0.3 is 4.84 Å². The van der Waals surface area contributed by atoms with Gasteiger partial charge in [-0.3, -0.25) is 4.79 Å². The minimum atomic E-state index is -0.485. The summed E-state index contributed by atoms with van der Waals surface area (Å²) in [6.45, 7) is 0.684. The predicted molar refractivity (Wildman–Crippen MR) is 54.3 cm³/mol. The summed E-state index contributed by atoms with van der Waals surface area (Å²) in [5, 5.41) is 3.51. The van der Waals surface area contributed by atoms with Crippen molar-refractivity contribution in [2.75, 3.05) is 6.61 Å². The molecule has 2 aliphatic carbocycles. The molecule has 0 aromatic rings. The first-order valence-corrected chi connectivity index (χ1v) is 5.47. The van der Waals surface area contributed by atoms with E-state index >= 15 is 0 Å². The standard InChI is InChI=1S/C10H14ClNO2/c11-9(13)10(4-5-10)7-12-14-6-8-2-1-3-8/h7-8H,1-6H2. The number of carbonyl (C=O) groups excluding carboxylic acids is 1. The number of hydrogen-bond acceptors (Lipinski definition) is 3. The van der Waals surface area contributed by atoms with E-state index in [0.29, 0.717) is 12.5 Å². The Hall–Kier alpha value is -0.570. The summed E-state index contributed by atoms with van der Waals surface area (Å²) >= 11 is 5.43. The van der Waals surface area contributed by atoms with E-state index in [1.165, 1.54) is 19.3 Å². The zero-order valence-electron chi connectivity index (χ0n) is 8.04. The minimum absolute atomic E-state index is 0.312. The number of oxime groups is 1. The van der Waals surface area contributed by atoms with Crippen LogP contribution in [0.2, 0.25) is 0 Å². The maximum absolute atomic E-state index is 10.9. The highest BCUT2D eigenvalue weighted by Gasteiger charge is 2.48. The Morgan fingerprint density at radius 3 is 2.71 bits per heavy atom. The first-order valence-electron chi connectivity index (χ1n) is 5.09. The fourth-order valence-corrected chi connectivity index (χ4v) is 1.69. The molecule has 2 rings (SSSR count). The molecule has 0 amide bonds. The number of nitrogens with zero attached hydrogens (tertiary/aromatic N) is 1. The molecule has 0 spiro atoms. The molecule has 14 heavy (non-hydrogen) atoms. The number of halogens is 1. The van der Waals surface area contributed by atoms with Gasteiger partial charge in [0, 0.05) is 0 Å². The topological polar surface area (TPSA) is 38.7 Å². The molecule has 0 heterocycles. The molecule has 2 aliphatic rings. The van der Waals surface area contributed by atoms with Gasteiger partial charge in [0.05, 0.1) is 11.6 Å². The van der Waals surface area contributed by atoms with Gasteiger partial charge in [-0.15, -0.1) is 0 Å². The summed E-state index contributed by atoms with van der Waals surface area (Å²) in [6, 6.07) is 0. The number of rotatable bonds is 5. The van der Waals surface area contributed by atoms with Crippen molar-refractivity contribution in [1.29, 1.82) is 0 Å². The third-order valence-electron chi connectivity index (χ3n) is 3.09. The number of carbonyl (C=O) groups is 1. The zero-order chi connectivity index (χ0) is 10.0. The van der Waals surface area contributed by atoms with Crippen molar-refractivity contribution in [1.82, 2.24) is 0 Å². The fourth-order valence-electron chi connectivity index (χ4n) is 1.46. The first kappa shape index (κ1) is 9.97. The molecule has 2 saturated carbocycles. The van der Waals surface area contributed by atoms with E-state index in [9.17, 15) is 4.79 Å². The average Bonchev–Trinajstić information content (AvgIpc) is 2.81. The summed E-state index contributed by atoms with van der Waals surface area (Å²) in [6.07, 6.45) is 6.99. The Labute approximate surface area is 88.4 Å². The second-order valence-corrected chi connectivity index (χ2v) is 4.60. The highest BCUT2D eigenvalue weighted by molar-refractivity contribution is 6.66. The highest BCUT2D eigenvalue weighted by atomic mass is 35.5. The molecule has 78 valence electrons. The van der Waals surface area contributed by atoms with Crippen LogP contribution in [0.4, 0.5) is 0 Å². The van der Waals surface area contributed by atoms with Gasteiger partial charge in [0.1, 0.15) is 6.61 Å². The van der Waals surface area contributed by atoms with Crippen LogP contribution in [0.15, 0.2) is 5.16 Å². The highest BCUT2D eigenvalue weighted by Crippen LogP contribution is 2.45. The van der Waals surface area contributed by atoms with Crippen molar-refractivity contribution in [3.05, 3.63) is 0 Å². The zero-order valence-corrected chi connectivity index (χ0v) is 8.79. The van der Waals surface area contributed by atoms with Crippen LogP contribution in [0.3, 0.4) is 0 Å². The maximum Gasteiger partial charge on any atom is 0.233 e. The molecule has 2 fully saturated rings. The Balaban J connectivity index is 1.69. The van der Waals surface area contributed by atoms with Gasteiger partial charge in [0.2, 0.25) is 5.24 Å². The lowest BCUT2D eigenvalue weighted by atomic mass is 9.86. The van der Waals surface area contributed by atoms with Gasteiger partial charge in [0.15, 0.2) is 0 Å². The summed E-state index contributed by atoms with van der Waals surface area (Å²) in [5.74, 6) is 0.675. The van der Waals surface area contributed by atoms with Crippen molar-refractivity contribution in [2.24, 2.45) is 16.5 Å². The smallest absolute Gasteiger partial charge is 0.233 e. The van der Waals surface area contributed by atoms with Gasteiger partial charge in [-0.1, -0.05) is 11.6 Å². The van der Waals surface area contributed by atoms with Crippen LogP contribution in [-0.4, -0.2) is 18.1 Å². The van der Waals surface area contributed by atoms with E-state index in [2.05, 4.69) is 5.16 Å². The minimum Gasteiger partial charge on any atom is -0.396 e. The van der Waals surface area contributed by atoms with Gasteiger partial charge in [-0.25, -0.2) is 0 Å². The van der Waals surface area contributed by atoms with E-state index in [1.54, 1.807) is 6.21 Å². The second kappa shape index (κ2) is 3.89. The van der Waals surface area contributed by atoms with Gasteiger partial charge in [-0.2, -0.15) is 0 Å². The lowest BCUT2D eigenvalue weighted by molar-refractivity contribution is -0.114. The molecular weight excluding hydrogens is 202 g/mol. The van der Waals surface area contributed by atoms with Gasteiger partial charge in [0.25, 0.3) is 0 Å². The SMILES string of the molecule is O=C(Cl)C1(C=NOCC2CCC2)CC1. The molecule has 0 aromatic carbocycles. The summed E-state index contributed by atoms with van der Waals surface area (Å²) in [5.41, 5.74) is -0.485. The van der Waals surface area contributed by atoms with Crippen molar-refractivity contribution >= 4 is 23.1 Å². The van der Waals surface area contributed by atoms with Crippen LogP contribution in [-0.2, 0) is 9.63 Å². The second-order valence-electron chi connectivity index (χ2n) is 4.26. The van der Waals surface area contributed by atoms with Gasteiger partial charge >= 0.3 is 0 Å². The summed E-state index contributed by atoms with van der Waals surface area (Å²) < 4.78 is 0. The molecule has 0 bridgehead atoms. The molecule has 0 atom stereocenters. The molecule has 0 N–H and O–H groups in total. The molecular formula is C10H14ClNO2. The Kier molecular flexibility index (Phi) is 2.77. The Morgan fingerprint density at radius 1 is 1.57 bits per heavy atom. The Bertz CT molecular complexity index is 257. The Morgan fingerprint density at radius 2 is 2.29 bits per heavy atom. The molecule has 0 unspecified atom stereocenters. The lowest BCUT2D eigenvalue weighted by Gasteiger charge is -2.23. The maximum atomic E-state index is 10.9. The molecule has 0 saturated heterocycles. The van der Waals surface area contributed by atoms with Crippen LogP contribution in [0.5, 0.6) is 0 Å². The quantitative estimate of drug-likeness (QED) is 0.401. The summed E-state index contributed by atoms with van der Waals surface area (Å²) in [7, 11) is 0. The van der Waals surface area contributed by atoms with Gasteiger partial charge in [-0.05, 0) is 43.2 Å². The molecule has 4 heteroatoms. The van der Waals surface area contributed by atoms with Crippen LogP contribution >= 0.6 is 11.6 Å². The van der Waals surface area contributed by atoms with Crippen molar-refractivity contribution in [3.8, 4) is 0 Å². The molecule has 0 aliphatic heterocycles. The third kappa shape index (κ3) is 2.08. The largest absolute Gasteiger partial charge is 0.396 e. The normalized spacial score (nSPS) is 24.6. The van der Waals surface area contributed by atoms with E-state index in [4.69, 9.17) is 16.4 Å². The molecule has 0 radical (unpaired) electrons. The van der Waals surface area contributed by atoms with E-state index < -0.39 is 5.41 Å². The first-order chi connectivity index (χ1) is 6.73. The van der Waals surface area contributed by atoms with E-state index in [0.717, 1.165) is 12.8 Å². The van der Waals surface area contributed by atoms with Crippen molar-refractivity contribution < 1.29 is 9.63 Å². The average molecular weight is 216 g/mol. The summed E-state index contributed by atoms with van der Waals surface area (Å²) in [4.78, 5) is 16.1. The molecule has 0 aromatic heterocycles. The van der Waals surface area contributed by atoms with E-state index in [-0.39, 0.29) is 5.24 Å². The van der Waals surface area contributed by atoms with Crippen molar-refractivity contribution in [2.45, 2.75) is 32.1 Å². The van der Waals surface area contributed by atoms with Crippen molar-refractivity contribution in [3.63, 3.8) is 0 Å². The van der Waals surface area contributed by atoms with Crippen LogP contribution < -0.4 is 0 Å². The predicted octanol–water partition coefficient (Wildman–Crippen LogP) is 2.33. The van der Waals surface area contributed by atoms with Crippen LogP contribution in [0.1, 0.15) is 32.1 Å².